The number of piperidine rings is 1. The predicted octanol–water partition coefficient (Wildman–Crippen LogP) is 1.47. The van der Waals surface area contributed by atoms with Gasteiger partial charge in [0.2, 0.25) is 5.95 Å². The van der Waals surface area contributed by atoms with Crippen LogP contribution in [0.2, 0.25) is 0 Å². The minimum atomic E-state index is 0.149. The summed E-state index contributed by atoms with van der Waals surface area (Å²) < 4.78 is 5.60. The Morgan fingerprint density at radius 2 is 2.00 bits per heavy atom. The van der Waals surface area contributed by atoms with Crippen molar-refractivity contribution in [2.45, 2.75) is 32.6 Å². The number of hydrogen-bond acceptors (Lipinski definition) is 6. The van der Waals surface area contributed by atoms with E-state index in [4.69, 9.17) is 14.7 Å². The molecule has 2 aliphatic heterocycles. The highest BCUT2D eigenvalue weighted by molar-refractivity contribution is 5.46. The van der Waals surface area contributed by atoms with Crippen molar-refractivity contribution in [3.63, 3.8) is 0 Å². The van der Waals surface area contributed by atoms with Crippen molar-refractivity contribution in [1.82, 2.24) is 9.97 Å². The first-order valence-corrected chi connectivity index (χ1v) is 8.86. The van der Waals surface area contributed by atoms with Gasteiger partial charge in [-0.1, -0.05) is 6.92 Å². The molecule has 1 atom stereocenters. The molecule has 3 rings (SSSR count). The average Bonchev–Trinajstić information content (AvgIpc) is 2.87. The highest BCUT2D eigenvalue weighted by atomic mass is 16.5. The summed E-state index contributed by atoms with van der Waals surface area (Å²) in [6.45, 7) is 7.30. The molecule has 23 heavy (non-hydrogen) atoms. The Hall–Kier alpha value is -1.40. The lowest BCUT2D eigenvalue weighted by atomic mass is 10.1. The molecule has 1 aromatic rings. The van der Waals surface area contributed by atoms with E-state index in [1.165, 1.54) is 19.3 Å². The zero-order valence-corrected chi connectivity index (χ0v) is 14.1. The lowest BCUT2D eigenvalue weighted by molar-refractivity contribution is 0.0959. The fraction of sp³-hybridized carbons (Fsp3) is 0.765. The third-order valence-corrected chi connectivity index (χ3v) is 4.67. The molecule has 1 aromatic heterocycles. The Kier molecular flexibility index (Phi) is 5.67. The lowest BCUT2D eigenvalue weighted by Gasteiger charge is -2.29. The van der Waals surface area contributed by atoms with Crippen molar-refractivity contribution in [3.8, 4) is 0 Å². The predicted molar refractivity (Wildman–Crippen MR) is 91.1 cm³/mol. The van der Waals surface area contributed by atoms with Gasteiger partial charge in [-0.05, 0) is 25.7 Å². The van der Waals surface area contributed by atoms with Gasteiger partial charge in [-0.15, -0.1) is 0 Å². The van der Waals surface area contributed by atoms with Gasteiger partial charge in [0.15, 0.2) is 0 Å². The van der Waals surface area contributed by atoms with Gasteiger partial charge in [0.05, 0.1) is 13.2 Å². The minimum Gasteiger partial charge on any atom is -0.396 e. The number of hydrogen-bond donors (Lipinski definition) is 1. The van der Waals surface area contributed by atoms with Gasteiger partial charge >= 0.3 is 0 Å². The van der Waals surface area contributed by atoms with E-state index in [0.717, 1.165) is 50.1 Å². The monoisotopic (exact) mass is 320 g/mol. The van der Waals surface area contributed by atoms with Crippen LogP contribution in [0, 0.1) is 5.92 Å². The first kappa shape index (κ1) is 16.5. The van der Waals surface area contributed by atoms with Crippen LogP contribution in [0.4, 0.5) is 11.8 Å². The molecule has 2 fully saturated rings. The quantitative estimate of drug-likeness (QED) is 0.906. The number of ether oxygens (including phenoxy) is 1. The molecule has 0 bridgehead atoms. The molecular weight excluding hydrogens is 292 g/mol. The van der Waals surface area contributed by atoms with E-state index in [1.54, 1.807) is 0 Å². The van der Waals surface area contributed by atoms with Crippen LogP contribution in [0.3, 0.4) is 0 Å². The molecule has 0 saturated carbocycles. The fourth-order valence-electron chi connectivity index (χ4n) is 3.25. The maximum Gasteiger partial charge on any atom is 0.227 e. The Morgan fingerprint density at radius 3 is 2.74 bits per heavy atom. The van der Waals surface area contributed by atoms with Crippen LogP contribution in [-0.4, -0.2) is 61.1 Å². The van der Waals surface area contributed by atoms with Crippen molar-refractivity contribution >= 4 is 11.8 Å². The highest BCUT2D eigenvalue weighted by Crippen LogP contribution is 2.22. The molecule has 128 valence electrons. The van der Waals surface area contributed by atoms with E-state index >= 15 is 0 Å². The summed E-state index contributed by atoms with van der Waals surface area (Å²) >= 11 is 0. The normalized spacial score (nSPS) is 23.0. The van der Waals surface area contributed by atoms with Gasteiger partial charge in [0, 0.05) is 50.5 Å². The third-order valence-electron chi connectivity index (χ3n) is 4.67. The van der Waals surface area contributed by atoms with E-state index in [-0.39, 0.29) is 12.5 Å². The number of aliphatic hydroxyl groups is 1. The lowest BCUT2D eigenvalue weighted by Crippen LogP contribution is -2.34. The number of aromatic nitrogens is 2. The molecule has 1 N–H and O–H groups in total. The maximum atomic E-state index is 9.49. The molecular formula is C17H28N4O2. The summed E-state index contributed by atoms with van der Waals surface area (Å²) in [7, 11) is 0. The Labute approximate surface area is 138 Å². The average molecular weight is 320 g/mol. The van der Waals surface area contributed by atoms with Gasteiger partial charge < -0.3 is 19.6 Å². The van der Waals surface area contributed by atoms with Crippen molar-refractivity contribution in [1.29, 1.82) is 0 Å². The fourth-order valence-corrected chi connectivity index (χ4v) is 3.25. The summed E-state index contributed by atoms with van der Waals surface area (Å²) in [4.78, 5) is 14.1. The number of aliphatic hydroxyl groups excluding tert-OH is 1. The molecule has 0 radical (unpaired) electrons. The number of nitrogens with zero attached hydrogens (tertiary/aromatic N) is 4. The van der Waals surface area contributed by atoms with Gasteiger partial charge in [-0.25, -0.2) is 4.98 Å². The van der Waals surface area contributed by atoms with E-state index in [2.05, 4.69) is 22.8 Å². The van der Waals surface area contributed by atoms with Gasteiger partial charge in [0.25, 0.3) is 0 Å². The SMILES string of the molecule is CCc1cc(N2CCOC[C@H](CO)C2)nc(N2CCCCC2)n1. The van der Waals surface area contributed by atoms with Crippen molar-refractivity contribution in [2.24, 2.45) is 5.92 Å². The highest BCUT2D eigenvalue weighted by Gasteiger charge is 2.22. The van der Waals surface area contributed by atoms with E-state index in [0.29, 0.717) is 13.2 Å². The van der Waals surface area contributed by atoms with Crippen LogP contribution in [-0.2, 0) is 11.2 Å². The van der Waals surface area contributed by atoms with Crippen molar-refractivity contribution in [3.05, 3.63) is 11.8 Å². The van der Waals surface area contributed by atoms with Crippen LogP contribution in [0.1, 0.15) is 31.9 Å². The van der Waals surface area contributed by atoms with E-state index < -0.39 is 0 Å². The summed E-state index contributed by atoms with van der Waals surface area (Å²) in [5.41, 5.74) is 1.08. The molecule has 2 aliphatic rings. The van der Waals surface area contributed by atoms with Gasteiger partial charge in [-0.3, -0.25) is 0 Å². The number of rotatable bonds is 4. The molecule has 0 aromatic carbocycles. The molecule has 0 aliphatic carbocycles. The van der Waals surface area contributed by atoms with Crippen LogP contribution in [0.25, 0.3) is 0 Å². The zero-order chi connectivity index (χ0) is 16.1. The second-order valence-corrected chi connectivity index (χ2v) is 6.49. The third kappa shape index (κ3) is 4.12. The Morgan fingerprint density at radius 1 is 1.17 bits per heavy atom. The summed E-state index contributed by atoms with van der Waals surface area (Å²) in [6.07, 6.45) is 4.65. The summed E-state index contributed by atoms with van der Waals surface area (Å²) in [6, 6.07) is 2.09. The van der Waals surface area contributed by atoms with Crippen molar-refractivity contribution in [2.75, 3.05) is 55.8 Å². The van der Waals surface area contributed by atoms with E-state index in [1.807, 2.05) is 0 Å². The molecule has 3 heterocycles. The van der Waals surface area contributed by atoms with Crippen LogP contribution in [0.5, 0.6) is 0 Å². The molecule has 0 unspecified atom stereocenters. The molecule has 6 nitrogen and oxygen atoms in total. The van der Waals surface area contributed by atoms with E-state index in [9.17, 15) is 5.11 Å². The second kappa shape index (κ2) is 7.93. The first-order valence-electron chi connectivity index (χ1n) is 8.86. The summed E-state index contributed by atoms with van der Waals surface area (Å²) in [5, 5.41) is 9.49. The first-order chi connectivity index (χ1) is 11.3. The molecule has 6 heteroatoms. The molecule has 0 amide bonds. The zero-order valence-electron chi connectivity index (χ0n) is 14.1. The largest absolute Gasteiger partial charge is 0.396 e. The Bertz CT molecular complexity index is 505. The summed E-state index contributed by atoms with van der Waals surface area (Å²) in [5.74, 6) is 1.99. The molecule has 2 saturated heterocycles. The smallest absolute Gasteiger partial charge is 0.227 e. The van der Waals surface area contributed by atoms with Gasteiger partial charge in [0.1, 0.15) is 5.82 Å². The van der Waals surface area contributed by atoms with Crippen LogP contribution < -0.4 is 9.80 Å². The van der Waals surface area contributed by atoms with Crippen LogP contribution in [0.15, 0.2) is 6.07 Å². The minimum absolute atomic E-state index is 0.149. The number of aryl methyl sites for hydroxylation is 1. The topological polar surface area (TPSA) is 61.7 Å². The van der Waals surface area contributed by atoms with Crippen LogP contribution >= 0.6 is 0 Å². The Balaban J connectivity index is 1.84. The number of anilines is 2. The van der Waals surface area contributed by atoms with Gasteiger partial charge in [-0.2, -0.15) is 4.98 Å². The van der Waals surface area contributed by atoms with Crippen molar-refractivity contribution < 1.29 is 9.84 Å². The standard InChI is InChI=1S/C17H28N4O2/c1-2-15-10-16(21-8-9-23-13-14(11-21)12-22)19-17(18-15)20-6-4-3-5-7-20/h10,14,22H,2-9,11-13H2,1H3/t14-/m0/s1. The maximum absolute atomic E-state index is 9.49. The second-order valence-electron chi connectivity index (χ2n) is 6.49. The molecule has 0 spiro atoms.